The number of unbranched alkanes of at least 4 members (excludes halogenated alkanes) is 1. The molecule has 20 heavy (non-hydrogen) atoms. The Hall–Kier alpha value is -1.33. The highest BCUT2D eigenvalue weighted by molar-refractivity contribution is 5.42. The largest absolute Gasteiger partial charge is 0.493 e. The second kappa shape index (κ2) is 10.5. The molecule has 0 aliphatic rings. The Kier molecular flexibility index (Phi) is 8.74. The molecule has 1 aromatic rings. The summed E-state index contributed by atoms with van der Waals surface area (Å²) >= 11 is 0. The highest BCUT2D eigenvalue weighted by atomic mass is 16.5. The van der Waals surface area contributed by atoms with Gasteiger partial charge in [-0.2, -0.15) is 0 Å². The minimum Gasteiger partial charge on any atom is -0.493 e. The molecule has 0 aromatic carbocycles. The summed E-state index contributed by atoms with van der Waals surface area (Å²) in [5, 5.41) is 3.34. The Morgan fingerprint density at radius 1 is 1.15 bits per heavy atom. The van der Waals surface area contributed by atoms with Gasteiger partial charge in [0.05, 0.1) is 19.9 Å². The molecule has 1 heterocycles. The number of methoxy groups -OCH3 is 2. The van der Waals surface area contributed by atoms with E-state index in [0.717, 1.165) is 38.3 Å². The highest BCUT2D eigenvalue weighted by Crippen LogP contribution is 2.28. The van der Waals surface area contributed by atoms with Crippen molar-refractivity contribution in [2.24, 2.45) is 0 Å². The summed E-state index contributed by atoms with van der Waals surface area (Å²) in [6.07, 6.45) is 5.04. The van der Waals surface area contributed by atoms with Crippen LogP contribution in [-0.2, 0) is 11.3 Å². The molecule has 5 nitrogen and oxygen atoms in total. The molecule has 0 spiro atoms. The molecule has 0 saturated carbocycles. The van der Waals surface area contributed by atoms with Crippen molar-refractivity contribution in [3.8, 4) is 11.5 Å². The van der Waals surface area contributed by atoms with Crippen molar-refractivity contribution in [2.45, 2.75) is 32.7 Å². The molecular formula is C15H26N2O3. The fraction of sp³-hybridized carbons (Fsp3) is 0.667. The second-order valence-electron chi connectivity index (χ2n) is 4.49. The van der Waals surface area contributed by atoms with Crippen LogP contribution in [0.1, 0.15) is 31.9 Å². The third-order valence-corrected chi connectivity index (χ3v) is 2.94. The lowest BCUT2D eigenvalue weighted by Gasteiger charge is -2.12. The zero-order valence-corrected chi connectivity index (χ0v) is 12.8. The first kappa shape index (κ1) is 16.7. The molecule has 1 N–H and O–H groups in total. The van der Waals surface area contributed by atoms with Crippen molar-refractivity contribution in [3.63, 3.8) is 0 Å². The number of hydrogen-bond acceptors (Lipinski definition) is 5. The van der Waals surface area contributed by atoms with E-state index in [-0.39, 0.29) is 0 Å². The smallest absolute Gasteiger partial charge is 0.183 e. The summed E-state index contributed by atoms with van der Waals surface area (Å²) in [6, 6.07) is 1.80. The lowest BCUT2D eigenvalue weighted by Crippen LogP contribution is -2.18. The maximum absolute atomic E-state index is 5.51. The quantitative estimate of drug-likeness (QED) is 0.632. The van der Waals surface area contributed by atoms with Gasteiger partial charge in [0.15, 0.2) is 11.5 Å². The van der Waals surface area contributed by atoms with Gasteiger partial charge in [-0.05, 0) is 19.4 Å². The summed E-state index contributed by atoms with van der Waals surface area (Å²) in [5.74, 6) is 1.41. The van der Waals surface area contributed by atoms with Crippen LogP contribution in [0.2, 0.25) is 0 Å². The molecule has 0 amide bonds. The molecule has 114 valence electrons. The Bertz CT molecular complexity index is 372. The molecule has 0 saturated heterocycles. The number of rotatable bonds is 11. The normalized spacial score (nSPS) is 10.6. The predicted molar refractivity (Wildman–Crippen MR) is 79.4 cm³/mol. The third-order valence-electron chi connectivity index (χ3n) is 2.94. The van der Waals surface area contributed by atoms with Crippen LogP contribution in [-0.4, -0.2) is 39.0 Å². The molecule has 1 aromatic heterocycles. The van der Waals surface area contributed by atoms with Crippen molar-refractivity contribution in [1.29, 1.82) is 0 Å². The first-order valence-corrected chi connectivity index (χ1v) is 7.17. The van der Waals surface area contributed by atoms with Gasteiger partial charge in [0.1, 0.15) is 0 Å². The Morgan fingerprint density at radius 3 is 2.65 bits per heavy atom. The van der Waals surface area contributed by atoms with Gasteiger partial charge in [-0.1, -0.05) is 13.3 Å². The minimum absolute atomic E-state index is 0.662. The first-order chi connectivity index (χ1) is 9.83. The van der Waals surface area contributed by atoms with E-state index < -0.39 is 0 Å². The topological polar surface area (TPSA) is 52.6 Å². The number of aromatic nitrogens is 1. The standard InChI is InChI=1S/C15H26N2O3/c1-4-5-10-20-11-6-8-16-12-13-15(19-3)14(18-2)7-9-17-13/h7,9,16H,4-6,8,10-12H2,1-3H3. The van der Waals surface area contributed by atoms with Crippen LogP contribution in [0.3, 0.4) is 0 Å². The summed E-state index contributed by atoms with van der Waals surface area (Å²) in [7, 11) is 3.26. The maximum Gasteiger partial charge on any atom is 0.183 e. The zero-order chi connectivity index (χ0) is 14.6. The summed E-state index contributed by atoms with van der Waals surface area (Å²) in [4.78, 5) is 4.32. The van der Waals surface area contributed by atoms with Crippen molar-refractivity contribution in [3.05, 3.63) is 18.0 Å². The minimum atomic E-state index is 0.662. The monoisotopic (exact) mass is 282 g/mol. The van der Waals surface area contributed by atoms with Crippen molar-refractivity contribution < 1.29 is 14.2 Å². The number of nitrogens with zero attached hydrogens (tertiary/aromatic N) is 1. The predicted octanol–water partition coefficient (Wildman–Crippen LogP) is 2.40. The van der Waals surface area contributed by atoms with Gasteiger partial charge in [-0.3, -0.25) is 4.98 Å². The van der Waals surface area contributed by atoms with Crippen molar-refractivity contribution in [2.75, 3.05) is 34.0 Å². The van der Waals surface area contributed by atoms with Gasteiger partial charge < -0.3 is 19.5 Å². The van der Waals surface area contributed by atoms with Crippen LogP contribution in [0.5, 0.6) is 11.5 Å². The molecule has 0 atom stereocenters. The van der Waals surface area contributed by atoms with E-state index in [9.17, 15) is 0 Å². The highest BCUT2D eigenvalue weighted by Gasteiger charge is 2.09. The molecule has 0 fully saturated rings. The average Bonchev–Trinajstić information content (AvgIpc) is 2.49. The van der Waals surface area contributed by atoms with Gasteiger partial charge in [-0.25, -0.2) is 0 Å². The van der Waals surface area contributed by atoms with E-state index in [1.807, 2.05) is 0 Å². The fourth-order valence-electron chi connectivity index (χ4n) is 1.83. The van der Waals surface area contributed by atoms with Gasteiger partial charge in [0, 0.05) is 32.0 Å². The van der Waals surface area contributed by atoms with E-state index in [1.165, 1.54) is 6.42 Å². The number of ether oxygens (including phenoxy) is 3. The third kappa shape index (κ3) is 5.75. The Labute approximate surface area is 121 Å². The number of nitrogens with one attached hydrogen (secondary N) is 1. The summed E-state index contributed by atoms with van der Waals surface area (Å²) in [6.45, 7) is 5.39. The molecule has 0 aliphatic carbocycles. The molecule has 1 rings (SSSR count). The van der Waals surface area contributed by atoms with Crippen LogP contribution in [0.4, 0.5) is 0 Å². The van der Waals surface area contributed by atoms with Gasteiger partial charge in [0.2, 0.25) is 0 Å². The van der Waals surface area contributed by atoms with Gasteiger partial charge in [0.25, 0.3) is 0 Å². The number of pyridine rings is 1. The van der Waals surface area contributed by atoms with E-state index in [4.69, 9.17) is 14.2 Å². The maximum atomic E-state index is 5.51. The van der Waals surface area contributed by atoms with Crippen LogP contribution in [0, 0.1) is 0 Å². The van der Waals surface area contributed by atoms with Crippen LogP contribution in [0.25, 0.3) is 0 Å². The average molecular weight is 282 g/mol. The van der Waals surface area contributed by atoms with Crippen LogP contribution < -0.4 is 14.8 Å². The molecule has 0 bridgehead atoms. The molecule has 5 heteroatoms. The molecular weight excluding hydrogens is 256 g/mol. The lowest BCUT2D eigenvalue weighted by molar-refractivity contribution is 0.128. The van der Waals surface area contributed by atoms with Gasteiger partial charge >= 0.3 is 0 Å². The SMILES string of the molecule is CCCCOCCCNCc1nccc(OC)c1OC. The second-order valence-corrected chi connectivity index (χ2v) is 4.49. The van der Waals surface area contributed by atoms with Gasteiger partial charge in [-0.15, -0.1) is 0 Å². The molecule has 0 radical (unpaired) electrons. The van der Waals surface area contributed by atoms with E-state index >= 15 is 0 Å². The Morgan fingerprint density at radius 2 is 1.95 bits per heavy atom. The molecule has 0 aliphatic heterocycles. The zero-order valence-electron chi connectivity index (χ0n) is 12.8. The van der Waals surface area contributed by atoms with Crippen molar-refractivity contribution >= 4 is 0 Å². The summed E-state index contributed by atoms with van der Waals surface area (Å²) < 4.78 is 16.1. The molecule has 0 unspecified atom stereocenters. The fourth-order valence-corrected chi connectivity index (χ4v) is 1.83. The lowest BCUT2D eigenvalue weighted by atomic mass is 10.3. The summed E-state index contributed by atoms with van der Waals surface area (Å²) in [5.41, 5.74) is 0.860. The van der Waals surface area contributed by atoms with Crippen molar-refractivity contribution in [1.82, 2.24) is 10.3 Å². The van der Waals surface area contributed by atoms with Crippen LogP contribution in [0.15, 0.2) is 12.3 Å². The van der Waals surface area contributed by atoms with Crippen LogP contribution >= 0.6 is 0 Å². The van der Waals surface area contributed by atoms with E-state index in [0.29, 0.717) is 18.0 Å². The van der Waals surface area contributed by atoms with E-state index in [1.54, 1.807) is 26.5 Å². The Balaban J connectivity index is 2.25. The van der Waals surface area contributed by atoms with E-state index in [2.05, 4.69) is 17.2 Å². The first-order valence-electron chi connectivity index (χ1n) is 7.17. The number of hydrogen-bond donors (Lipinski definition) is 1.